The molecule has 0 saturated carbocycles. The van der Waals surface area contributed by atoms with E-state index in [1.165, 1.54) is 12.5 Å². The molecular formula is C21H20O3. The first-order chi connectivity index (χ1) is 11.7. The Hall–Kier alpha value is -2.55. The van der Waals surface area contributed by atoms with Crippen molar-refractivity contribution in [2.45, 2.75) is 25.4 Å². The Kier molecular flexibility index (Phi) is 3.45. The number of rotatable bonds is 2. The first-order valence-corrected chi connectivity index (χ1v) is 8.30. The van der Waals surface area contributed by atoms with Crippen LogP contribution in [0.2, 0.25) is 0 Å². The highest BCUT2D eigenvalue weighted by Crippen LogP contribution is 2.57. The molecule has 0 spiro atoms. The number of methoxy groups -OCH3 is 1. The van der Waals surface area contributed by atoms with Gasteiger partial charge in [0.1, 0.15) is 17.3 Å². The molecule has 4 rings (SSSR count). The minimum absolute atomic E-state index is 0.262. The molecule has 0 amide bonds. The maximum Gasteiger partial charge on any atom is 0.323 e. The molecule has 2 aliphatic rings. The fourth-order valence-electron chi connectivity index (χ4n) is 3.94. The molecule has 0 N–H and O–H groups in total. The van der Waals surface area contributed by atoms with E-state index in [2.05, 4.69) is 36.9 Å². The molecule has 1 saturated heterocycles. The molecule has 2 aromatic rings. The van der Waals surface area contributed by atoms with E-state index in [9.17, 15) is 4.79 Å². The molecule has 1 fully saturated rings. The predicted octanol–water partition coefficient (Wildman–Crippen LogP) is 4.69. The summed E-state index contributed by atoms with van der Waals surface area (Å²) in [5, 5.41) is 2.34. The van der Waals surface area contributed by atoms with Crippen molar-refractivity contribution in [3.8, 4) is 0 Å². The van der Waals surface area contributed by atoms with Gasteiger partial charge in [0.25, 0.3) is 0 Å². The standard InChI is InChI=1S/C21H20O3/c1-14-19(17-11-10-15-7-3-4-8-16(15)13-17)24-18-9-5-6-12-21(14,18)20(22)23-2/h3-4,7-11,13,19H,1,5-6,12H2,2H3/t19-,21+/m0/s1. The molecule has 2 atom stereocenters. The summed E-state index contributed by atoms with van der Waals surface area (Å²) < 4.78 is 11.3. The summed E-state index contributed by atoms with van der Waals surface area (Å²) >= 11 is 0. The van der Waals surface area contributed by atoms with Crippen LogP contribution in [0.1, 0.15) is 30.9 Å². The van der Waals surface area contributed by atoms with Crippen molar-refractivity contribution in [3.63, 3.8) is 0 Å². The number of allylic oxidation sites excluding steroid dienone is 1. The molecular weight excluding hydrogens is 300 g/mol. The van der Waals surface area contributed by atoms with Crippen LogP contribution in [0.5, 0.6) is 0 Å². The maximum atomic E-state index is 12.6. The average molecular weight is 320 g/mol. The Balaban J connectivity index is 1.79. The van der Waals surface area contributed by atoms with E-state index in [1.54, 1.807) is 0 Å². The summed E-state index contributed by atoms with van der Waals surface area (Å²) in [7, 11) is 1.43. The lowest BCUT2D eigenvalue weighted by molar-refractivity contribution is -0.149. The van der Waals surface area contributed by atoms with Crippen LogP contribution in [0, 0.1) is 5.41 Å². The Labute approximate surface area is 141 Å². The Morgan fingerprint density at radius 3 is 2.83 bits per heavy atom. The van der Waals surface area contributed by atoms with E-state index < -0.39 is 5.41 Å². The van der Waals surface area contributed by atoms with Crippen molar-refractivity contribution < 1.29 is 14.3 Å². The summed E-state index contributed by atoms with van der Waals surface area (Å²) in [5.74, 6) is 0.450. The molecule has 2 aromatic carbocycles. The molecule has 1 aliphatic heterocycles. The predicted molar refractivity (Wildman–Crippen MR) is 93.3 cm³/mol. The zero-order valence-electron chi connectivity index (χ0n) is 13.7. The minimum atomic E-state index is -0.816. The van der Waals surface area contributed by atoms with Crippen LogP contribution in [0.25, 0.3) is 10.8 Å². The van der Waals surface area contributed by atoms with Crippen LogP contribution in [0.3, 0.4) is 0 Å². The first-order valence-electron chi connectivity index (χ1n) is 8.30. The molecule has 24 heavy (non-hydrogen) atoms. The second-order valence-electron chi connectivity index (χ2n) is 6.49. The summed E-state index contributed by atoms with van der Waals surface area (Å²) in [4.78, 5) is 12.6. The number of fused-ring (bicyclic) bond motifs is 2. The third-order valence-electron chi connectivity index (χ3n) is 5.23. The van der Waals surface area contributed by atoms with Crippen molar-refractivity contribution in [3.05, 3.63) is 72.0 Å². The number of esters is 1. The van der Waals surface area contributed by atoms with Gasteiger partial charge in [-0.05, 0) is 53.3 Å². The van der Waals surface area contributed by atoms with Crippen molar-refractivity contribution in [2.75, 3.05) is 7.11 Å². The summed E-state index contributed by atoms with van der Waals surface area (Å²) in [6.45, 7) is 4.25. The van der Waals surface area contributed by atoms with E-state index >= 15 is 0 Å². The Morgan fingerprint density at radius 2 is 2.04 bits per heavy atom. The first kappa shape index (κ1) is 15.0. The average Bonchev–Trinajstić information content (AvgIpc) is 2.94. The van der Waals surface area contributed by atoms with Gasteiger partial charge in [-0.15, -0.1) is 0 Å². The van der Waals surface area contributed by atoms with Crippen LogP contribution in [0.4, 0.5) is 0 Å². The quantitative estimate of drug-likeness (QED) is 0.594. The highest BCUT2D eigenvalue weighted by molar-refractivity contribution is 5.86. The second kappa shape index (κ2) is 5.52. The molecule has 0 radical (unpaired) electrons. The highest BCUT2D eigenvalue weighted by Gasteiger charge is 2.56. The van der Waals surface area contributed by atoms with Crippen molar-refractivity contribution >= 4 is 16.7 Å². The molecule has 1 aliphatic carbocycles. The molecule has 3 nitrogen and oxygen atoms in total. The molecule has 3 heteroatoms. The lowest BCUT2D eigenvalue weighted by Gasteiger charge is -2.29. The molecule has 0 unspecified atom stereocenters. The SMILES string of the molecule is C=C1[C@@H](c2ccc3ccccc3c2)OC2=CCCC[C@@]12C(=O)OC. The van der Waals surface area contributed by atoms with Gasteiger partial charge in [0.05, 0.1) is 7.11 Å². The summed E-state index contributed by atoms with van der Waals surface area (Å²) in [6, 6.07) is 14.5. The number of hydrogen-bond donors (Lipinski definition) is 0. The number of carbonyl (C=O) groups is 1. The summed E-state index contributed by atoms with van der Waals surface area (Å²) in [6.07, 6.45) is 4.27. The number of hydrogen-bond acceptors (Lipinski definition) is 3. The van der Waals surface area contributed by atoms with Gasteiger partial charge in [0.15, 0.2) is 0 Å². The third kappa shape index (κ3) is 2.01. The van der Waals surface area contributed by atoms with Gasteiger partial charge in [-0.3, -0.25) is 4.79 Å². The highest BCUT2D eigenvalue weighted by atomic mass is 16.5. The van der Waals surface area contributed by atoms with Crippen molar-refractivity contribution in [1.29, 1.82) is 0 Å². The monoisotopic (exact) mass is 320 g/mol. The van der Waals surface area contributed by atoms with E-state index in [-0.39, 0.29) is 12.1 Å². The van der Waals surface area contributed by atoms with E-state index in [0.717, 1.165) is 29.4 Å². The maximum absolute atomic E-state index is 12.6. The number of carbonyl (C=O) groups excluding carboxylic acids is 1. The zero-order valence-corrected chi connectivity index (χ0v) is 13.7. The molecule has 0 bridgehead atoms. The number of ether oxygens (including phenoxy) is 2. The lowest BCUT2D eigenvalue weighted by Crippen LogP contribution is -2.34. The fourth-order valence-corrected chi connectivity index (χ4v) is 3.94. The van der Waals surface area contributed by atoms with Crippen LogP contribution in [-0.2, 0) is 14.3 Å². The van der Waals surface area contributed by atoms with Gasteiger partial charge >= 0.3 is 5.97 Å². The lowest BCUT2D eigenvalue weighted by atomic mass is 9.71. The van der Waals surface area contributed by atoms with Gasteiger partial charge < -0.3 is 9.47 Å². The molecule has 0 aromatic heterocycles. The molecule has 122 valence electrons. The van der Waals surface area contributed by atoms with E-state index in [0.29, 0.717) is 12.2 Å². The van der Waals surface area contributed by atoms with Gasteiger partial charge in [0, 0.05) is 0 Å². The van der Waals surface area contributed by atoms with Crippen LogP contribution >= 0.6 is 0 Å². The van der Waals surface area contributed by atoms with Gasteiger partial charge in [-0.25, -0.2) is 0 Å². The zero-order chi connectivity index (χ0) is 16.7. The van der Waals surface area contributed by atoms with Gasteiger partial charge in [-0.1, -0.05) is 43.0 Å². The van der Waals surface area contributed by atoms with E-state index in [1.807, 2.05) is 18.2 Å². The topological polar surface area (TPSA) is 35.5 Å². The van der Waals surface area contributed by atoms with Gasteiger partial charge in [0.2, 0.25) is 0 Å². The van der Waals surface area contributed by atoms with Crippen LogP contribution < -0.4 is 0 Å². The van der Waals surface area contributed by atoms with Crippen molar-refractivity contribution in [2.24, 2.45) is 5.41 Å². The Bertz CT molecular complexity index is 864. The minimum Gasteiger partial charge on any atom is -0.484 e. The normalized spacial score (nSPS) is 25.8. The van der Waals surface area contributed by atoms with Crippen LogP contribution in [0.15, 0.2) is 66.5 Å². The third-order valence-corrected chi connectivity index (χ3v) is 5.23. The Morgan fingerprint density at radius 1 is 1.25 bits per heavy atom. The fraction of sp³-hybridized carbons (Fsp3) is 0.286. The smallest absolute Gasteiger partial charge is 0.323 e. The van der Waals surface area contributed by atoms with E-state index in [4.69, 9.17) is 9.47 Å². The second-order valence-corrected chi connectivity index (χ2v) is 6.49. The van der Waals surface area contributed by atoms with Crippen LogP contribution in [-0.4, -0.2) is 13.1 Å². The number of benzene rings is 2. The van der Waals surface area contributed by atoms with Gasteiger partial charge in [-0.2, -0.15) is 0 Å². The molecule has 1 heterocycles. The van der Waals surface area contributed by atoms with Crippen molar-refractivity contribution in [1.82, 2.24) is 0 Å². The summed E-state index contributed by atoms with van der Waals surface area (Å²) in [5.41, 5.74) is 0.997. The largest absolute Gasteiger partial charge is 0.484 e.